The number of ether oxygens (including phenoxy) is 1. The number of likely N-dealkylation sites (N-methyl/N-ethyl adjacent to an activating group) is 3. The number of carbonyl (C=O) groups is 8. The van der Waals surface area contributed by atoms with E-state index < -0.39 is 114 Å². The van der Waals surface area contributed by atoms with E-state index in [1.54, 1.807) is 69.9 Å². The third-order valence-electron chi connectivity index (χ3n) is 11.3. The van der Waals surface area contributed by atoms with Crippen LogP contribution in [0.5, 0.6) is 0 Å². The second kappa shape index (κ2) is 23.5. The minimum absolute atomic E-state index is 0.0451. The fourth-order valence-electron chi connectivity index (χ4n) is 7.47. The Bertz CT molecular complexity index is 1760. The molecule has 0 aromatic heterocycles. The van der Waals surface area contributed by atoms with Gasteiger partial charge < -0.3 is 50.7 Å². The summed E-state index contributed by atoms with van der Waals surface area (Å²) >= 11 is 0. The largest absolute Gasteiger partial charge is 0.391 e. The van der Waals surface area contributed by atoms with E-state index in [9.17, 15) is 43.5 Å². The van der Waals surface area contributed by atoms with Crippen molar-refractivity contribution in [3.63, 3.8) is 0 Å². The normalized spacial score (nSPS) is 25.5. The third-order valence-corrected chi connectivity index (χ3v) is 11.3. The topological polar surface area (TPSA) is 227 Å². The van der Waals surface area contributed by atoms with Crippen molar-refractivity contribution in [2.45, 2.75) is 142 Å². The highest BCUT2D eigenvalue weighted by atomic mass is 16.5. The highest BCUT2D eigenvalue weighted by Crippen LogP contribution is 2.18. The zero-order valence-electron chi connectivity index (χ0n) is 39.1. The lowest BCUT2D eigenvalue weighted by Gasteiger charge is -2.35. The van der Waals surface area contributed by atoms with Gasteiger partial charge in [-0.25, -0.2) is 0 Å². The van der Waals surface area contributed by atoms with Gasteiger partial charge in [-0.05, 0) is 70.8 Å². The van der Waals surface area contributed by atoms with E-state index >= 15 is 0 Å². The number of nitrogens with one attached hydrogen (secondary N) is 4. The number of hydrogen-bond acceptors (Lipinski definition) is 10. The van der Waals surface area contributed by atoms with Gasteiger partial charge in [-0.2, -0.15) is 0 Å². The quantitative estimate of drug-likeness (QED) is 0.232. The van der Waals surface area contributed by atoms with Crippen LogP contribution in [0.25, 0.3) is 0 Å². The number of aliphatic hydroxyl groups excluding tert-OH is 1. The summed E-state index contributed by atoms with van der Waals surface area (Å²) in [5.74, 6) is -6.23. The van der Waals surface area contributed by atoms with Crippen molar-refractivity contribution < 1.29 is 48.2 Å². The molecule has 2 heterocycles. The Morgan fingerprint density at radius 1 is 0.762 bits per heavy atom. The maximum atomic E-state index is 14.6. The van der Waals surface area contributed by atoms with E-state index in [0.29, 0.717) is 18.7 Å². The molecule has 8 amide bonds. The van der Waals surface area contributed by atoms with Crippen LogP contribution >= 0.6 is 0 Å². The summed E-state index contributed by atoms with van der Waals surface area (Å²) in [5.41, 5.74) is -0.132. The molecule has 0 bridgehead atoms. The van der Waals surface area contributed by atoms with E-state index in [1.807, 2.05) is 13.8 Å². The number of rotatable bonds is 9. The molecule has 3 rings (SSSR count). The molecule has 2 saturated heterocycles. The second-order valence-corrected chi connectivity index (χ2v) is 18.7. The Kier molecular flexibility index (Phi) is 19.5. The van der Waals surface area contributed by atoms with Gasteiger partial charge in [-0.3, -0.25) is 38.4 Å². The van der Waals surface area contributed by atoms with Crippen molar-refractivity contribution in [2.75, 3.05) is 47.4 Å². The minimum atomic E-state index is -1.57. The Balaban J connectivity index is 2.21. The SMILES string of the molecule is CC(C)C[C@H]1C(=O)N[C@@H]([C@@H](C)O)C(=O)N(C)[C@@H](Cc2ccccc2)C(=O)N[C@@H](COC(C)(C)C)C(=O)N[C@H](C(=O)N2CCCCC2)CC(=O)N[C@@H](C(C)C)C(=O)N(C)CC(=O)N1C. The molecule has 352 valence electrons. The number of likely N-dealkylation sites (tertiary alicyclic amines) is 1. The van der Waals surface area contributed by atoms with Crippen molar-refractivity contribution in [2.24, 2.45) is 11.8 Å². The van der Waals surface area contributed by atoms with Crippen LogP contribution in [0.4, 0.5) is 0 Å². The van der Waals surface area contributed by atoms with Crippen LogP contribution < -0.4 is 21.3 Å². The Morgan fingerprint density at radius 2 is 1.37 bits per heavy atom. The van der Waals surface area contributed by atoms with Crippen molar-refractivity contribution >= 4 is 47.3 Å². The number of benzene rings is 1. The first-order valence-corrected chi connectivity index (χ1v) is 22.0. The molecular weight excluding hydrogens is 813 g/mol. The van der Waals surface area contributed by atoms with E-state index in [2.05, 4.69) is 21.3 Å². The first-order valence-electron chi connectivity index (χ1n) is 22.0. The number of nitrogens with zero attached hydrogens (tertiary/aromatic N) is 4. The summed E-state index contributed by atoms with van der Waals surface area (Å²) in [5, 5.41) is 21.8. The summed E-state index contributed by atoms with van der Waals surface area (Å²) in [6, 6.07) is 0.814. The van der Waals surface area contributed by atoms with Gasteiger partial charge in [0.1, 0.15) is 36.3 Å². The maximum Gasteiger partial charge on any atom is 0.248 e. The lowest BCUT2D eigenvalue weighted by Crippen LogP contribution is -2.63. The molecule has 1 aromatic rings. The summed E-state index contributed by atoms with van der Waals surface area (Å²) < 4.78 is 6.00. The van der Waals surface area contributed by atoms with Crippen LogP contribution in [0, 0.1) is 11.8 Å². The molecule has 1 aromatic carbocycles. The predicted molar refractivity (Wildman–Crippen MR) is 235 cm³/mol. The van der Waals surface area contributed by atoms with Crippen LogP contribution in [0.3, 0.4) is 0 Å². The van der Waals surface area contributed by atoms with Crippen LogP contribution in [0.2, 0.25) is 0 Å². The molecule has 0 spiro atoms. The van der Waals surface area contributed by atoms with Gasteiger partial charge in [0.2, 0.25) is 47.3 Å². The summed E-state index contributed by atoms with van der Waals surface area (Å²) in [6.45, 7) is 13.7. The summed E-state index contributed by atoms with van der Waals surface area (Å²) in [6.07, 6.45) is 0.467. The number of amides is 8. The smallest absolute Gasteiger partial charge is 0.248 e. The average molecular weight is 885 g/mol. The van der Waals surface area contributed by atoms with Crippen molar-refractivity contribution in [1.82, 2.24) is 40.9 Å². The first-order chi connectivity index (χ1) is 29.4. The molecule has 2 fully saturated rings. The maximum absolute atomic E-state index is 14.6. The molecule has 18 heteroatoms. The average Bonchev–Trinajstić information content (AvgIpc) is 3.22. The molecule has 7 atom stereocenters. The number of aliphatic hydroxyl groups is 1. The predicted octanol–water partition coefficient (Wildman–Crippen LogP) is 0.595. The van der Waals surface area contributed by atoms with Crippen LogP contribution in [0.1, 0.15) is 93.1 Å². The molecule has 0 radical (unpaired) electrons. The van der Waals surface area contributed by atoms with E-state index in [-0.39, 0.29) is 25.4 Å². The van der Waals surface area contributed by atoms with Gasteiger partial charge in [0.15, 0.2) is 0 Å². The molecule has 0 saturated carbocycles. The fourth-order valence-corrected chi connectivity index (χ4v) is 7.47. The van der Waals surface area contributed by atoms with E-state index in [4.69, 9.17) is 4.74 Å². The summed E-state index contributed by atoms with van der Waals surface area (Å²) in [7, 11) is 4.15. The van der Waals surface area contributed by atoms with E-state index in [1.165, 1.54) is 33.0 Å². The first kappa shape index (κ1) is 52.2. The van der Waals surface area contributed by atoms with Gasteiger partial charge in [0.05, 0.1) is 31.3 Å². The molecule has 2 aliphatic rings. The van der Waals surface area contributed by atoms with Crippen molar-refractivity contribution in [1.29, 1.82) is 0 Å². The number of piperidine rings is 1. The van der Waals surface area contributed by atoms with Gasteiger partial charge in [0, 0.05) is 40.7 Å². The molecule has 2 aliphatic heterocycles. The van der Waals surface area contributed by atoms with E-state index in [0.717, 1.165) is 29.1 Å². The lowest BCUT2D eigenvalue weighted by molar-refractivity contribution is -0.148. The lowest BCUT2D eigenvalue weighted by atomic mass is 9.99. The van der Waals surface area contributed by atoms with Crippen LogP contribution in [-0.4, -0.2) is 167 Å². The minimum Gasteiger partial charge on any atom is -0.391 e. The standard InChI is InChI=1S/C45H72N8O10/c1-27(2)22-33-41(59)49-38(29(5)54)44(62)52(11)34(23-30-18-14-12-15-19-30)40(58)47-32(26-63-45(6,7)8)39(57)46-31(42(60)53-20-16-13-17-21-53)24-35(55)48-37(28(3)4)43(61)50(9)25-36(56)51(33)10/h12,14-15,18-19,27-29,31-34,37-38,54H,13,16-17,20-26H2,1-11H3,(H,46,57)(H,47,58)(H,48,55)(H,49,59)/t29-,31+,32+,33+,34+,37+,38+/m1/s1. The Morgan fingerprint density at radius 3 is 1.92 bits per heavy atom. The molecule has 0 unspecified atom stereocenters. The number of carbonyl (C=O) groups excluding carboxylic acids is 8. The molecule has 18 nitrogen and oxygen atoms in total. The molecule has 63 heavy (non-hydrogen) atoms. The van der Waals surface area contributed by atoms with Gasteiger partial charge in [-0.15, -0.1) is 0 Å². The van der Waals surface area contributed by atoms with Crippen LogP contribution in [-0.2, 0) is 49.5 Å². The zero-order valence-corrected chi connectivity index (χ0v) is 39.1. The number of hydrogen-bond donors (Lipinski definition) is 5. The molecular formula is C45H72N8O10. The third kappa shape index (κ3) is 15.6. The highest BCUT2D eigenvalue weighted by molar-refractivity contribution is 5.98. The highest BCUT2D eigenvalue weighted by Gasteiger charge is 2.40. The van der Waals surface area contributed by atoms with Crippen LogP contribution in [0.15, 0.2) is 30.3 Å². The monoisotopic (exact) mass is 885 g/mol. The van der Waals surface area contributed by atoms with Crippen molar-refractivity contribution in [3.8, 4) is 0 Å². The van der Waals surface area contributed by atoms with Crippen molar-refractivity contribution in [3.05, 3.63) is 35.9 Å². The van der Waals surface area contributed by atoms with Gasteiger partial charge in [-0.1, -0.05) is 58.0 Å². The molecule has 0 aliphatic carbocycles. The molecule has 5 N–H and O–H groups in total. The fraction of sp³-hybridized carbons (Fsp3) is 0.689. The zero-order chi connectivity index (χ0) is 47.3. The van der Waals surface area contributed by atoms with Gasteiger partial charge >= 0.3 is 0 Å². The second-order valence-electron chi connectivity index (χ2n) is 18.7. The Labute approximate surface area is 372 Å². The Hall–Kier alpha value is -5.10. The summed E-state index contributed by atoms with van der Waals surface area (Å²) in [4.78, 5) is 118. The van der Waals surface area contributed by atoms with Gasteiger partial charge in [0.25, 0.3) is 0 Å².